The van der Waals surface area contributed by atoms with E-state index in [1.54, 1.807) is 30.2 Å². The van der Waals surface area contributed by atoms with Crippen LogP contribution in [0.3, 0.4) is 0 Å². The first kappa shape index (κ1) is 13.3. The number of nitrogens with one attached hydrogen (secondary N) is 2. The predicted molar refractivity (Wildman–Crippen MR) is 73.3 cm³/mol. The summed E-state index contributed by atoms with van der Waals surface area (Å²) in [6.45, 7) is 0. The highest BCUT2D eigenvalue weighted by molar-refractivity contribution is 5.97. The van der Waals surface area contributed by atoms with E-state index in [0.717, 1.165) is 12.8 Å². The van der Waals surface area contributed by atoms with Crippen LogP contribution in [0.2, 0.25) is 0 Å². The number of rotatable bonds is 3. The highest BCUT2D eigenvalue weighted by atomic mass is 16.2. The van der Waals surface area contributed by atoms with Crippen molar-refractivity contribution in [3.05, 3.63) is 35.9 Å². The van der Waals surface area contributed by atoms with E-state index in [1.807, 2.05) is 0 Å². The quantitative estimate of drug-likeness (QED) is 0.800. The molecule has 1 aliphatic rings. The first-order valence-electron chi connectivity index (χ1n) is 6.78. The first-order valence-corrected chi connectivity index (χ1v) is 6.78. The Hall–Kier alpha value is -2.64. The number of aromatic nitrogens is 4. The van der Waals surface area contributed by atoms with Crippen molar-refractivity contribution in [3.8, 4) is 0 Å². The van der Waals surface area contributed by atoms with Crippen LogP contribution in [0.25, 0.3) is 0 Å². The SMILES string of the molecule is Cn1cc(C(=O)NNC(=O)c2ccn(C3CCC3)n2)cn1. The Morgan fingerprint density at radius 3 is 2.67 bits per heavy atom. The molecule has 8 heteroatoms. The van der Waals surface area contributed by atoms with E-state index >= 15 is 0 Å². The second-order valence-electron chi connectivity index (χ2n) is 5.08. The van der Waals surface area contributed by atoms with E-state index in [-0.39, 0.29) is 5.69 Å². The van der Waals surface area contributed by atoms with Crippen LogP contribution in [-0.2, 0) is 7.05 Å². The normalized spacial score (nSPS) is 14.5. The molecule has 0 radical (unpaired) electrons. The van der Waals surface area contributed by atoms with Crippen molar-refractivity contribution in [2.24, 2.45) is 7.05 Å². The zero-order chi connectivity index (χ0) is 14.8. The van der Waals surface area contributed by atoms with Crippen molar-refractivity contribution >= 4 is 11.8 Å². The summed E-state index contributed by atoms with van der Waals surface area (Å²) in [6, 6.07) is 2.04. The molecule has 2 heterocycles. The lowest BCUT2D eigenvalue weighted by Gasteiger charge is -2.25. The first-order chi connectivity index (χ1) is 10.1. The lowest BCUT2D eigenvalue weighted by atomic mass is 9.93. The molecule has 1 aliphatic carbocycles. The molecule has 2 N–H and O–H groups in total. The summed E-state index contributed by atoms with van der Waals surface area (Å²) >= 11 is 0. The van der Waals surface area contributed by atoms with Gasteiger partial charge in [0.15, 0.2) is 5.69 Å². The van der Waals surface area contributed by atoms with Crippen molar-refractivity contribution in [2.45, 2.75) is 25.3 Å². The van der Waals surface area contributed by atoms with Crippen LogP contribution in [0.15, 0.2) is 24.7 Å². The molecule has 0 aromatic carbocycles. The Balaban J connectivity index is 1.56. The van der Waals surface area contributed by atoms with Gasteiger partial charge in [-0.15, -0.1) is 0 Å². The number of carbonyl (C=O) groups excluding carboxylic acids is 2. The van der Waals surface area contributed by atoms with Crippen LogP contribution in [0.5, 0.6) is 0 Å². The summed E-state index contributed by atoms with van der Waals surface area (Å²) in [4.78, 5) is 23.7. The molecule has 2 aromatic rings. The zero-order valence-corrected chi connectivity index (χ0v) is 11.6. The van der Waals surface area contributed by atoms with Gasteiger partial charge in [-0.1, -0.05) is 0 Å². The Kier molecular flexibility index (Phi) is 3.43. The maximum atomic E-state index is 11.9. The average Bonchev–Trinajstić information content (AvgIpc) is 3.03. The fraction of sp³-hybridized carbons (Fsp3) is 0.385. The van der Waals surface area contributed by atoms with Crippen molar-refractivity contribution in [2.75, 3.05) is 0 Å². The maximum Gasteiger partial charge on any atom is 0.290 e. The number of nitrogens with zero attached hydrogens (tertiary/aromatic N) is 4. The van der Waals surface area contributed by atoms with Gasteiger partial charge in [0.25, 0.3) is 11.8 Å². The van der Waals surface area contributed by atoms with Crippen LogP contribution < -0.4 is 10.9 Å². The topological polar surface area (TPSA) is 93.8 Å². The van der Waals surface area contributed by atoms with Gasteiger partial charge in [-0.05, 0) is 25.3 Å². The van der Waals surface area contributed by atoms with E-state index in [1.165, 1.54) is 17.3 Å². The monoisotopic (exact) mass is 288 g/mol. The van der Waals surface area contributed by atoms with Gasteiger partial charge in [0, 0.05) is 19.4 Å². The zero-order valence-electron chi connectivity index (χ0n) is 11.6. The summed E-state index contributed by atoms with van der Waals surface area (Å²) in [5, 5.41) is 8.11. The Morgan fingerprint density at radius 1 is 1.29 bits per heavy atom. The van der Waals surface area contributed by atoms with Gasteiger partial charge in [0.05, 0.1) is 17.8 Å². The Bertz CT molecular complexity index is 670. The molecular formula is C13H16N6O2. The van der Waals surface area contributed by atoms with Gasteiger partial charge in [-0.3, -0.25) is 29.8 Å². The number of hydrazine groups is 1. The van der Waals surface area contributed by atoms with Gasteiger partial charge >= 0.3 is 0 Å². The van der Waals surface area contributed by atoms with Crippen molar-refractivity contribution in [1.29, 1.82) is 0 Å². The van der Waals surface area contributed by atoms with E-state index in [4.69, 9.17) is 0 Å². The molecule has 110 valence electrons. The minimum absolute atomic E-state index is 0.286. The molecule has 0 unspecified atom stereocenters. The van der Waals surface area contributed by atoms with Crippen molar-refractivity contribution < 1.29 is 9.59 Å². The molecule has 1 fully saturated rings. The summed E-state index contributed by atoms with van der Waals surface area (Å²) < 4.78 is 3.32. The standard InChI is InChI=1S/C13H16N6O2/c1-18-8-9(7-14-18)12(20)15-16-13(21)11-5-6-19(17-11)10-3-2-4-10/h5-8,10H,2-4H2,1H3,(H,15,20)(H,16,21). The molecule has 0 atom stereocenters. The van der Waals surface area contributed by atoms with Crippen LogP contribution in [0.4, 0.5) is 0 Å². The van der Waals surface area contributed by atoms with Gasteiger partial charge in [0.2, 0.25) is 0 Å². The molecule has 2 amide bonds. The van der Waals surface area contributed by atoms with E-state index in [2.05, 4.69) is 21.0 Å². The molecule has 0 spiro atoms. The minimum Gasteiger partial charge on any atom is -0.275 e. The molecule has 8 nitrogen and oxygen atoms in total. The third-order valence-electron chi connectivity index (χ3n) is 3.55. The average molecular weight is 288 g/mol. The summed E-state index contributed by atoms with van der Waals surface area (Å²) in [6.07, 6.45) is 8.18. The van der Waals surface area contributed by atoms with E-state index in [9.17, 15) is 9.59 Å². The largest absolute Gasteiger partial charge is 0.290 e. The number of amides is 2. The van der Waals surface area contributed by atoms with Crippen molar-refractivity contribution in [1.82, 2.24) is 30.4 Å². The van der Waals surface area contributed by atoms with E-state index < -0.39 is 11.8 Å². The molecule has 2 aromatic heterocycles. The molecule has 1 saturated carbocycles. The number of hydrogen-bond acceptors (Lipinski definition) is 4. The lowest BCUT2D eigenvalue weighted by molar-refractivity contribution is 0.0843. The van der Waals surface area contributed by atoms with Crippen LogP contribution in [0.1, 0.15) is 46.2 Å². The fourth-order valence-electron chi connectivity index (χ4n) is 2.10. The predicted octanol–water partition coefficient (Wildman–Crippen LogP) is 0.416. The van der Waals surface area contributed by atoms with Crippen LogP contribution >= 0.6 is 0 Å². The van der Waals surface area contributed by atoms with Gasteiger partial charge in [-0.2, -0.15) is 10.2 Å². The smallest absolute Gasteiger partial charge is 0.275 e. The Labute approximate surface area is 121 Å². The Morgan fingerprint density at radius 2 is 2.05 bits per heavy atom. The number of hydrogen-bond donors (Lipinski definition) is 2. The van der Waals surface area contributed by atoms with E-state index in [0.29, 0.717) is 11.6 Å². The van der Waals surface area contributed by atoms with Gasteiger partial charge < -0.3 is 0 Å². The van der Waals surface area contributed by atoms with Crippen molar-refractivity contribution in [3.63, 3.8) is 0 Å². The number of carbonyl (C=O) groups is 2. The second-order valence-corrected chi connectivity index (χ2v) is 5.08. The molecule has 21 heavy (non-hydrogen) atoms. The third-order valence-corrected chi connectivity index (χ3v) is 3.55. The lowest BCUT2D eigenvalue weighted by Crippen LogP contribution is -2.41. The number of aryl methyl sites for hydroxylation is 1. The highest BCUT2D eigenvalue weighted by Crippen LogP contribution is 2.30. The van der Waals surface area contributed by atoms with Gasteiger partial charge in [0.1, 0.15) is 0 Å². The summed E-state index contributed by atoms with van der Waals surface area (Å²) in [5.74, 6) is -0.861. The van der Waals surface area contributed by atoms with Crippen LogP contribution in [-0.4, -0.2) is 31.4 Å². The summed E-state index contributed by atoms with van der Waals surface area (Å²) in [5.41, 5.74) is 5.34. The molecular weight excluding hydrogens is 272 g/mol. The highest BCUT2D eigenvalue weighted by Gasteiger charge is 2.21. The van der Waals surface area contributed by atoms with Crippen LogP contribution in [0, 0.1) is 0 Å². The molecule has 3 rings (SSSR count). The third kappa shape index (κ3) is 2.78. The maximum absolute atomic E-state index is 11.9. The molecule has 0 saturated heterocycles. The second kappa shape index (κ2) is 5.39. The minimum atomic E-state index is -0.440. The summed E-state index contributed by atoms with van der Waals surface area (Å²) in [7, 11) is 1.71. The molecule has 0 aliphatic heterocycles. The van der Waals surface area contributed by atoms with Gasteiger partial charge in [-0.25, -0.2) is 0 Å². The fourth-order valence-corrected chi connectivity index (χ4v) is 2.10. The molecule has 0 bridgehead atoms.